The van der Waals surface area contributed by atoms with Gasteiger partial charge in [0.25, 0.3) is 0 Å². The molecule has 1 aliphatic heterocycles. The van der Waals surface area contributed by atoms with Crippen LogP contribution in [0.2, 0.25) is 0 Å². The molecule has 0 spiro atoms. The first-order chi connectivity index (χ1) is 9.22. The van der Waals surface area contributed by atoms with Gasteiger partial charge in [0.1, 0.15) is 0 Å². The Kier molecular flexibility index (Phi) is 5.02. The van der Waals surface area contributed by atoms with E-state index in [0.717, 1.165) is 38.0 Å². The van der Waals surface area contributed by atoms with Gasteiger partial charge >= 0.3 is 0 Å². The van der Waals surface area contributed by atoms with Crippen LogP contribution in [0.4, 0.5) is 10.1 Å². The number of nitrogens with one attached hydrogen (secondary N) is 1. The summed E-state index contributed by atoms with van der Waals surface area (Å²) in [7, 11) is 1.48. The van der Waals surface area contributed by atoms with Gasteiger partial charge < -0.3 is 14.8 Å². The second-order valence-corrected chi connectivity index (χ2v) is 5.00. The summed E-state index contributed by atoms with van der Waals surface area (Å²) < 4.78 is 24.1. The standard InChI is InChI=1S/C15H22FNO2/c1-3-4-13-9-12(7-8-19-13)17-11-5-6-14(16)15(10-11)18-2/h5-6,10,12-13,17H,3-4,7-9H2,1-2H3. The Hall–Kier alpha value is -1.29. The maximum atomic E-state index is 13.3. The molecule has 0 aliphatic carbocycles. The topological polar surface area (TPSA) is 30.5 Å². The molecule has 1 aliphatic rings. The van der Waals surface area contributed by atoms with Gasteiger partial charge in [0.05, 0.1) is 13.2 Å². The van der Waals surface area contributed by atoms with Crippen LogP contribution in [-0.2, 0) is 4.74 Å². The Morgan fingerprint density at radius 2 is 2.32 bits per heavy atom. The van der Waals surface area contributed by atoms with Crippen molar-refractivity contribution in [2.45, 2.75) is 44.8 Å². The molecule has 0 radical (unpaired) electrons. The summed E-state index contributed by atoms with van der Waals surface area (Å²) in [5.41, 5.74) is 0.903. The first kappa shape index (κ1) is 14.1. The van der Waals surface area contributed by atoms with Crippen molar-refractivity contribution in [1.82, 2.24) is 0 Å². The number of methoxy groups -OCH3 is 1. The van der Waals surface area contributed by atoms with Gasteiger partial charge in [-0.15, -0.1) is 0 Å². The molecule has 2 rings (SSSR count). The van der Waals surface area contributed by atoms with Crippen molar-refractivity contribution in [2.75, 3.05) is 19.0 Å². The van der Waals surface area contributed by atoms with E-state index in [9.17, 15) is 4.39 Å². The van der Waals surface area contributed by atoms with E-state index in [4.69, 9.17) is 9.47 Å². The minimum Gasteiger partial charge on any atom is -0.494 e. The molecule has 0 aromatic heterocycles. The zero-order chi connectivity index (χ0) is 13.7. The summed E-state index contributed by atoms with van der Waals surface area (Å²) in [5, 5.41) is 3.44. The predicted molar refractivity (Wildman–Crippen MR) is 74.2 cm³/mol. The normalized spacial score (nSPS) is 23.1. The molecule has 4 heteroatoms. The highest BCUT2D eigenvalue weighted by atomic mass is 19.1. The number of rotatable bonds is 5. The van der Waals surface area contributed by atoms with Crippen molar-refractivity contribution < 1.29 is 13.9 Å². The summed E-state index contributed by atoms with van der Waals surface area (Å²) >= 11 is 0. The lowest BCUT2D eigenvalue weighted by Gasteiger charge is -2.30. The molecule has 1 aromatic carbocycles. The van der Waals surface area contributed by atoms with Gasteiger partial charge in [0, 0.05) is 24.4 Å². The van der Waals surface area contributed by atoms with Crippen molar-refractivity contribution in [2.24, 2.45) is 0 Å². The van der Waals surface area contributed by atoms with E-state index < -0.39 is 0 Å². The molecule has 2 atom stereocenters. The van der Waals surface area contributed by atoms with Crippen molar-refractivity contribution in [3.05, 3.63) is 24.0 Å². The highest BCUT2D eigenvalue weighted by Gasteiger charge is 2.21. The molecule has 1 aromatic rings. The van der Waals surface area contributed by atoms with Gasteiger partial charge in [-0.1, -0.05) is 13.3 Å². The monoisotopic (exact) mass is 267 g/mol. The van der Waals surface area contributed by atoms with Crippen LogP contribution in [0.25, 0.3) is 0 Å². The number of benzene rings is 1. The van der Waals surface area contributed by atoms with Crippen molar-refractivity contribution in [1.29, 1.82) is 0 Å². The Morgan fingerprint density at radius 1 is 1.47 bits per heavy atom. The molecule has 19 heavy (non-hydrogen) atoms. The van der Waals surface area contributed by atoms with E-state index in [2.05, 4.69) is 12.2 Å². The van der Waals surface area contributed by atoms with Gasteiger partial charge in [-0.3, -0.25) is 0 Å². The quantitative estimate of drug-likeness (QED) is 0.884. The Balaban J connectivity index is 1.96. The van der Waals surface area contributed by atoms with Crippen LogP contribution in [0.3, 0.4) is 0 Å². The van der Waals surface area contributed by atoms with Crippen molar-refractivity contribution in [3.8, 4) is 5.75 Å². The third-order valence-electron chi connectivity index (χ3n) is 3.50. The van der Waals surface area contributed by atoms with Crippen molar-refractivity contribution in [3.63, 3.8) is 0 Å². The smallest absolute Gasteiger partial charge is 0.165 e. The number of halogens is 1. The van der Waals surface area contributed by atoms with Crippen molar-refractivity contribution >= 4 is 5.69 Å². The van der Waals surface area contributed by atoms with Crippen LogP contribution in [0.1, 0.15) is 32.6 Å². The van der Waals surface area contributed by atoms with E-state index in [1.54, 1.807) is 12.1 Å². The van der Waals surface area contributed by atoms with Crippen LogP contribution in [0, 0.1) is 5.82 Å². The molecule has 106 valence electrons. The lowest BCUT2D eigenvalue weighted by molar-refractivity contribution is 0.00598. The Labute approximate surface area is 114 Å². The van der Waals surface area contributed by atoms with Gasteiger partial charge in [-0.25, -0.2) is 4.39 Å². The molecule has 1 heterocycles. The van der Waals surface area contributed by atoms with Crippen LogP contribution < -0.4 is 10.1 Å². The third kappa shape index (κ3) is 3.83. The maximum Gasteiger partial charge on any atom is 0.165 e. The first-order valence-electron chi connectivity index (χ1n) is 6.94. The number of hydrogen-bond donors (Lipinski definition) is 1. The number of anilines is 1. The van der Waals surface area contributed by atoms with E-state index in [0.29, 0.717) is 12.1 Å². The SMILES string of the molecule is CCCC1CC(Nc2ccc(F)c(OC)c2)CCO1. The molecule has 2 unspecified atom stereocenters. The van der Waals surface area contributed by atoms with Gasteiger partial charge in [-0.2, -0.15) is 0 Å². The zero-order valence-electron chi connectivity index (χ0n) is 11.6. The molecular formula is C15H22FNO2. The highest BCUT2D eigenvalue weighted by Crippen LogP contribution is 2.25. The van der Waals surface area contributed by atoms with Crippen LogP contribution >= 0.6 is 0 Å². The Morgan fingerprint density at radius 3 is 3.05 bits per heavy atom. The minimum atomic E-state index is -0.330. The molecule has 0 amide bonds. The van der Waals surface area contributed by atoms with Crippen LogP contribution in [0.5, 0.6) is 5.75 Å². The zero-order valence-corrected chi connectivity index (χ0v) is 11.6. The van der Waals surface area contributed by atoms with Crippen LogP contribution in [0.15, 0.2) is 18.2 Å². The summed E-state index contributed by atoms with van der Waals surface area (Å²) in [4.78, 5) is 0. The summed E-state index contributed by atoms with van der Waals surface area (Å²) in [5.74, 6) is -0.0499. The number of ether oxygens (including phenoxy) is 2. The molecule has 1 N–H and O–H groups in total. The summed E-state index contributed by atoms with van der Waals surface area (Å²) in [6.45, 7) is 2.96. The fraction of sp³-hybridized carbons (Fsp3) is 0.600. The van der Waals surface area contributed by atoms with Gasteiger partial charge in [0.2, 0.25) is 0 Å². The largest absolute Gasteiger partial charge is 0.494 e. The van der Waals surface area contributed by atoms with E-state index in [1.807, 2.05) is 0 Å². The van der Waals surface area contributed by atoms with Crippen LogP contribution in [-0.4, -0.2) is 25.9 Å². The lowest BCUT2D eigenvalue weighted by Crippen LogP contribution is -2.33. The fourth-order valence-electron chi connectivity index (χ4n) is 2.52. The predicted octanol–water partition coefficient (Wildman–Crippen LogP) is 3.59. The number of hydrogen-bond acceptors (Lipinski definition) is 3. The minimum absolute atomic E-state index is 0.280. The Bertz CT molecular complexity index is 409. The molecular weight excluding hydrogens is 245 g/mol. The first-order valence-corrected chi connectivity index (χ1v) is 6.94. The highest BCUT2D eigenvalue weighted by molar-refractivity contribution is 5.49. The summed E-state index contributed by atoms with van der Waals surface area (Å²) in [6, 6.07) is 5.28. The van der Waals surface area contributed by atoms with Gasteiger partial charge in [0.15, 0.2) is 11.6 Å². The maximum absolute atomic E-state index is 13.3. The molecule has 1 fully saturated rings. The second-order valence-electron chi connectivity index (χ2n) is 5.00. The summed E-state index contributed by atoms with van der Waals surface area (Å²) in [6.07, 6.45) is 4.58. The second kappa shape index (κ2) is 6.75. The fourth-order valence-corrected chi connectivity index (χ4v) is 2.52. The third-order valence-corrected chi connectivity index (χ3v) is 3.50. The molecule has 0 bridgehead atoms. The average molecular weight is 267 g/mol. The molecule has 0 saturated carbocycles. The lowest BCUT2D eigenvalue weighted by atomic mass is 10.00. The van der Waals surface area contributed by atoms with E-state index in [-0.39, 0.29) is 11.6 Å². The van der Waals surface area contributed by atoms with E-state index in [1.165, 1.54) is 13.2 Å². The molecule has 3 nitrogen and oxygen atoms in total. The average Bonchev–Trinajstić information content (AvgIpc) is 2.42. The molecule has 1 saturated heterocycles. The van der Waals surface area contributed by atoms with Gasteiger partial charge in [-0.05, 0) is 31.4 Å². The van der Waals surface area contributed by atoms with E-state index >= 15 is 0 Å².